The molecule has 4 rings (SSSR count). The van der Waals surface area contributed by atoms with Gasteiger partial charge in [-0.05, 0) is 41.5 Å². The summed E-state index contributed by atoms with van der Waals surface area (Å²) in [6.07, 6.45) is 4.18. The van der Waals surface area contributed by atoms with Gasteiger partial charge in [0, 0.05) is 18.4 Å². The van der Waals surface area contributed by atoms with E-state index >= 15 is 0 Å². The minimum atomic E-state index is -0.892. The molecule has 0 aromatic heterocycles. The SMILES string of the molecule is CC(CCNC(=O)OCC1c2ccccc2-c2ccccc21)C(=O)NC1(CC(=O)O)CCCCC1. The zero-order valence-corrected chi connectivity index (χ0v) is 20.2. The van der Waals surface area contributed by atoms with Crippen LogP contribution in [0.25, 0.3) is 11.1 Å². The minimum Gasteiger partial charge on any atom is -0.481 e. The van der Waals surface area contributed by atoms with E-state index in [1.807, 2.05) is 24.3 Å². The molecule has 0 saturated heterocycles. The lowest BCUT2D eigenvalue weighted by Gasteiger charge is -2.37. The van der Waals surface area contributed by atoms with Crippen molar-refractivity contribution >= 4 is 18.0 Å². The van der Waals surface area contributed by atoms with Gasteiger partial charge in [-0.3, -0.25) is 9.59 Å². The zero-order chi connectivity index (χ0) is 24.8. The first-order chi connectivity index (χ1) is 16.9. The number of aliphatic carboxylic acids is 1. The predicted octanol–water partition coefficient (Wildman–Crippen LogP) is 4.85. The molecular formula is C28H34N2O5. The first-order valence-electron chi connectivity index (χ1n) is 12.5. The fourth-order valence-corrected chi connectivity index (χ4v) is 5.42. The van der Waals surface area contributed by atoms with Gasteiger partial charge in [0.15, 0.2) is 0 Å². The third-order valence-corrected chi connectivity index (χ3v) is 7.33. The van der Waals surface area contributed by atoms with E-state index < -0.39 is 17.6 Å². The molecule has 186 valence electrons. The summed E-state index contributed by atoms with van der Waals surface area (Å²) in [5.74, 6) is -1.41. The van der Waals surface area contributed by atoms with E-state index in [0.717, 1.165) is 30.4 Å². The van der Waals surface area contributed by atoms with Crippen molar-refractivity contribution in [1.82, 2.24) is 10.6 Å². The van der Waals surface area contributed by atoms with Crippen LogP contribution in [-0.2, 0) is 14.3 Å². The van der Waals surface area contributed by atoms with Crippen LogP contribution in [0.15, 0.2) is 48.5 Å². The van der Waals surface area contributed by atoms with Crippen molar-refractivity contribution in [3.05, 3.63) is 59.7 Å². The molecule has 7 nitrogen and oxygen atoms in total. The minimum absolute atomic E-state index is 0.00114. The second-order valence-electron chi connectivity index (χ2n) is 9.84. The van der Waals surface area contributed by atoms with Gasteiger partial charge in [0.1, 0.15) is 6.61 Å². The van der Waals surface area contributed by atoms with Gasteiger partial charge in [-0.1, -0.05) is 74.7 Å². The average Bonchev–Trinajstić information content (AvgIpc) is 3.16. The maximum atomic E-state index is 12.8. The van der Waals surface area contributed by atoms with Crippen molar-refractivity contribution in [2.75, 3.05) is 13.2 Å². The molecule has 1 atom stereocenters. The van der Waals surface area contributed by atoms with Crippen LogP contribution in [0.5, 0.6) is 0 Å². The fourth-order valence-electron chi connectivity index (χ4n) is 5.42. The van der Waals surface area contributed by atoms with Gasteiger partial charge in [-0.15, -0.1) is 0 Å². The van der Waals surface area contributed by atoms with Crippen LogP contribution < -0.4 is 10.6 Å². The maximum absolute atomic E-state index is 12.8. The Morgan fingerprint density at radius 3 is 2.20 bits per heavy atom. The number of amides is 2. The smallest absolute Gasteiger partial charge is 0.407 e. The van der Waals surface area contributed by atoms with E-state index in [9.17, 15) is 19.5 Å². The van der Waals surface area contributed by atoms with Crippen LogP contribution in [0.4, 0.5) is 4.79 Å². The Hall–Kier alpha value is -3.35. The number of rotatable bonds is 9. The van der Waals surface area contributed by atoms with E-state index in [2.05, 4.69) is 34.9 Å². The van der Waals surface area contributed by atoms with Crippen LogP contribution in [0.1, 0.15) is 68.9 Å². The van der Waals surface area contributed by atoms with E-state index in [0.29, 0.717) is 25.8 Å². The largest absolute Gasteiger partial charge is 0.481 e. The highest BCUT2D eigenvalue weighted by molar-refractivity contribution is 5.81. The van der Waals surface area contributed by atoms with Crippen LogP contribution in [0.3, 0.4) is 0 Å². The highest BCUT2D eigenvalue weighted by atomic mass is 16.5. The number of hydrogen-bond donors (Lipinski definition) is 3. The summed E-state index contributed by atoms with van der Waals surface area (Å²) >= 11 is 0. The number of alkyl carbamates (subject to hydrolysis) is 1. The molecule has 35 heavy (non-hydrogen) atoms. The predicted molar refractivity (Wildman–Crippen MR) is 133 cm³/mol. The maximum Gasteiger partial charge on any atom is 0.407 e. The first kappa shape index (κ1) is 24.8. The molecular weight excluding hydrogens is 444 g/mol. The third kappa shape index (κ3) is 5.84. The molecule has 1 saturated carbocycles. The molecule has 1 fully saturated rings. The molecule has 2 aromatic rings. The number of benzene rings is 2. The topological polar surface area (TPSA) is 105 Å². The van der Waals surface area contributed by atoms with Crippen LogP contribution in [0.2, 0.25) is 0 Å². The standard InChI is InChI=1S/C28H34N2O5/c1-19(26(33)30-28(17-25(31)32)14-7-2-8-15-28)13-16-29-27(34)35-18-24-22-11-5-3-9-20(22)21-10-4-6-12-23(21)24/h3-6,9-12,19,24H,2,7-8,13-18H2,1H3,(H,29,34)(H,30,33)(H,31,32). The highest BCUT2D eigenvalue weighted by Gasteiger charge is 2.36. The number of nitrogens with one attached hydrogen (secondary N) is 2. The normalized spacial score (nSPS) is 17.1. The highest BCUT2D eigenvalue weighted by Crippen LogP contribution is 2.44. The number of fused-ring (bicyclic) bond motifs is 3. The van der Waals surface area contributed by atoms with Crippen molar-refractivity contribution < 1.29 is 24.2 Å². The molecule has 1 unspecified atom stereocenters. The summed E-state index contributed by atoms with van der Waals surface area (Å²) in [6, 6.07) is 16.4. The van der Waals surface area contributed by atoms with Crippen LogP contribution in [0, 0.1) is 5.92 Å². The second-order valence-corrected chi connectivity index (χ2v) is 9.84. The Morgan fingerprint density at radius 1 is 1.00 bits per heavy atom. The van der Waals surface area contributed by atoms with E-state index in [1.165, 1.54) is 11.1 Å². The molecule has 0 heterocycles. The van der Waals surface area contributed by atoms with E-state index in [1.54, 1.807) is 6.92 Å². The summed E-state index contributed by atoms with van der Waals surface area (Å²) in [7, 11) is 0. The van der Waals surface area contributed by atoms with Crippen molar-refractivity contribution in [2.45, 2.75) is 63.3 Å². The van der Waals surface area contributed by atoms with Gasteiger partial charge in [0.25, 0.3) is 0 Å². The molecule has 3 N–H and O–H groups in total. The summed E-state index contributed by atoms with van der Waals surface area (Å²) in [5, 5.41) is 15.1. The molecule has 7 heteroatoms. The first-order valence-corrected chi connectivity index (χ1v) is 12.5. The quantitative estimate of drug-likeness (QED) is 0.478. The van der Waals surface area contributed by atoms with Gasteiger partial charge in [-0.2, -0.15) is 0 Å². The Labute approximate surface area is 206 Å². The number of carboxylic acids is 1. The summed E-state index contributed by atoms with van der Waals surface area (Å²) in [4.78, 5) is 36.5. The lowest BCUT2D eigenvalue weighted by molar-refractivity contribution is -0.140. The third-order valence-electron chi connectivity index (χ3n) is 7.33. The molecule has 2 amide bonds. The summed E-state index contributed by atoms with van der Waals surface area (Å²) in [5.41, 5.74) is 4.01. The Balaban J connectivity index is 1.24. The summed E-state index contributed by atoms with van der Waals surface area (Å²) in [6.45, 7) is 2.34. The van der Waals surface area contributed by atoms with Crippen molar-refractivity contribution in [1.29, 1.82) is 0 Å². The monoisotopic (exact) mass is 478 g/mol. The molecule has 2 aliphatic carbocycles. The number of carbonyl (C=O) groups is 3. The van der Waals surface area contributed by atoms with Crippen molar-refractivity contribution in [3.8, 4) is 11.1 Å². The average molecular weight is 479 g/mol. The van der Waals surface area contributed by atoms with Gasteiger partial charge in [-0.25, -0.2) is 4.79 Å². The van der Waals surface area contributed by atoms with Gasteiger partial charge < -0.3 is 20.5 Å². The number of carbonyl (C=O) groups excluding carboxylic acids is 2. The van der Waals surface area contributed by atoms with Gasteiger partial charge in [0.2, 0.25) is 5.91 Å². The molecule has 0 spiro atoms. The van der Waals surface area contributed by atoms with E-state index in [-0.39, 0.29) is 30.8 Å². The number of carboxylic acid groups (broad SMARTS) is 1. The van der Waals surface area contributed by atoms with E-state index in [4.69, 9.17) is 4.74 Å². The van der Waals surface area contributed by atoms with Gasteiger partial charge in [0.05, 0.1) is 12.0 Å². The molecule has 0 bridgehead atoms. The molecule has 2 aliphatic rings. The number of ether oxygens (including phenoxy) is 1. The number of hydrogen-bond acceptors (Lipinski definition) is 4. The second kappa shape index (κ2) is 10.9. The Bertz CT molecular complexity index is 1030. The van der Waals surface area contributed by atoms with Crippen LogP contribution >= 0.6 is 0 Å². The summed E-state index contributed by atoms with van der Waals surface area (Å²) < 4.78 is 5.55. The lowest BCUT2D eigenvalue weighted by Crippen LogP contribution is -2.52. The van der Waals surface area contributed by atoms with Crippen molar-refractivity contribution in [2.24, 2.45) is 5.92 Å². The van der Waals surface area contributed by atoms with Crippen molar-refractivity contribution in [3.63, 3.8) is 0 Å². The van der Waals surface area contributed by atoms with Crippen LogP contribution in [-0.4, -0.2) is 41.8 Å². The Morgan fingerprint density at radius 2 is 1.60 bits per heavy atom. The molecule has 0 radical (unpaired) electrons. The molecule has 0 aliphatic heterocycles. The molecule has 2 aromatic carbocycles. The lowest BCUT2D eigenvalue weighted by atomic mass is 9.79. The van der Waals surface area contributed by atoms with Gasteiger partial charge >= 0.3 is 12.1 Å². The fraction of sp³-hybridized carbons (Fsp3) is 0.464. The Kier molecular flexibility index (Phi) is 7.73. The zero-order valence-electron chi connectivity index (χ0n) is 20.2.